The van der Waals surface area contributed by atoms with E-state index in [-0.39, 0.29) is 18.4 Å². The van der Waals surface area contributed by atoms with E-state index in [1.807, 2.05) is 45.0 Å². The van der Waals surface area contributed by atoms with Gasteiger partial charge in [0.25, 0.3) is 11.8 Å². The van der Waals surface area contributed by atoms with Gasteiger partial charge in [0.05, 0.1) is 29.9 Å². The molecule has 1 aliphatic heterocycles. The standard InChI is InChI=1S/C22H23NO4S/c1-13-5-7-16(15(3)11-13)19-20(28-10-9-24)22(26)23(21(19)25)17-12-14(2)6-8-18(17)27-4/h5-8,11-12,24H,9-10H2,1-4H3. The van der Waals surface area contributed by atoms with Crippen molar-refractivity contribution in [3.8, 4) is 5.75 Å². The lowest BCUT2D eigenvalue weighted by molar-refractivity contribution is -0.119. The predicted molar refractivity (Wildman–Crippen MR) is 113 cm³/mol. The van der Waals surface area contributed by atoms with Crippen LogP contribution in [0, 0.1) is 20.8 Å². The minimum atomic E-state index is -0.387. The van der Waals surface area contributed by atoms with Crippen LogP contribution in [-0.4, -0.2) is 36.4 Å². The smallest absolute Gasteiger partial charge is 0.272 e. The second-order valence-electron chi connectivity index (χ2n) is 6.72. The molecular formula is C22H23NO4S. The third-order valence-electron chi connectivity index (χ3n) is 4.61. The first-order chi connectivity index (χ1) is 13.4. The van der Waals surface area contributed by atoms with Gasteiger partial charge in [0.15, 0.2) is 0 Å². The molecule has 146 valence electrons. The van der Waals surface area contributed by atoms with E-state index in [0.717, 1.165) is 22.3 Å². The van der Waals surface area contributed by atoms with Crippen LogP contribution in [0.2, 0.25) is 0 Å². The van der Waals surface area contributed by atoms with Gasteiger partial charge in [-0.15, -0.1) is 11.8 Å². The highest BCUT2D eigenvalue weighted by Crippen LogP contribution is 2.42. The minimum absolute atomic E-state index is 0.0798. The van der Waals surface area contributed by atoms with E-state index in [4.69, 9.17) is 4.74 Å². The fourth-order valence-electron chi connectivity index (χ4n) is 3.32. The molecule has 2 aromatic rings. The van der Waals surface area contributed by atoms with Crippen molar-refractivity contribution >= 4 is 34.8 Å². The maximum atomic E-state index is 13.4. The molecule has 5 nitrogen and oxygen atoms in total. The van der Waals surface area contributed by atoms with Gasteiger partial charge in [0, 0.05) is 5.75 Å². The van der Waals surface area contributed by atoms with Crippen molar-refractivity contribution in [2.45, 2.75) is 20.8 Å². The summed E-state index contributed by atoms with van der Waals surface area (Å²) in [6.45, 7) is 5.73. The molecular weight excluding hydrogens is 374 g/mol. The molecule has 3 rings (SSSR count). The Kier molecular flexibility index (Phi) is 5.91. The number of hydrogen-bond acceptors (Lipinski definition) is 5. The number of anilines is 1. The zero-order valence-corrected chi connectivity index (χ0v) is 17.2. The molecule has 0 saturated carbocycles. The molecule has 0 aromatic heterocycles. The third kappa shape index (κ3) is 3.57. The van der Waals surface area contributed by atoms with Crippen LogP contribution in [0.15, 0.2) is 41.3 Å². The molecule has 1 aliphatic rings. The Balaban J connectivity index is 2.16. The van der Waals surface area contributed by atoms with Crippen LogP contribution in [-0.2, 0) is 9.59 Å². The Morgan fingerprint density at radius 3 is 2.32 bits per heavy atom. The normalized spacial score (nSPS) is 14.2. The van der Waals surface area contributed by atoms with Gasteiger partial charge in [-0.3, -0.25) is 9.59 Å². The monoisotopic (exact) mass is 397 g/mol. The summed E-state index contributed by atoms with van der Waals surface area (Å²) in [5.41, 5.74) is 4.47. The number of aliphatic hydroxyl groups is 1. The number of aryl methyl sites for hydroxylation is 3. The average Bonchev–Trinajstić information content (AvgIpc) is 2.90. The summed E-state index contributed by atoms with van der Waals surface area (Å²) < 4.78 is 5.39. The van der Waals surface area contributed by atoms with E-state index < -0.39 is 0 Å². The number of ether oxygens (including phenoxy) is 1. The van der Waals surface area contributed by atoms with E-state index >= 15 is 0 Å². The predicted octanol–water partition coefficient (Wildman–Crippen LogP) is 3.63. The molecule has 0 atom stereocenters. The van der Waals surface area contributed by atoms with E-state index in [1.54, 1.807) is 12.1 Å². The highest BCUT2D eigenvalue weighted by Gasteiger charge is 2.41. The number of amides is 2. The number of carbonyl (C=O) groups excluding carboxylic acids is 2. The molecule has 0 fully saturated rings. The number of benzene rings is 2. The summed E-state index contributed by atoms with van der Waals surface area (Å²) >= 11 is 1.20. The lowest BCUT2D eigenvalue weighted by atomic mass is 9.98. The number of aliphatic hydroxyl groups excluding tert-OH is 1. The molecule has 1 heterocycles. The van der Waals surface area contributed by atoms with Crippen molar-refractivity contribution in [3.05, 3.63) is 63.6 Å². The van der Waals surface area contributed by atoms with Gasteiger partial charge in [-0.25, -0.2) is 4.90 Å². The van der Waals surface area contributed by atoms with Crippen molar-refractivity contribution in [2.75, 3.05) is 24.4 Å². The van der Waals surface area contributed by atoms with Crippen LogP contribution < -0.4 is 9.64 Å². The Bertz CT molecular complexity index is 980. The number of hydrogen-bond donors (Lipinski definition) is 1. The van der Waals surface area contributed by atoms with E-state index in [1.165, 1.54) is 23.8 Å². The Labute approximate surface area is 169 Å². The van der Waals surface area contributed by atoms with Crippen LogP contribution in [0.3, 0.4) is 0 Å². The molecule has 2 aromatic carbocycles. The average molecular weight is 397 g/mol. The summed E-state index contributed by atoms with van der Waals surface area (Å²) in [4.78, 5) is 28.2. The zero-order valence-electron chi connectivity index (χ0n) is 16.4. The molecule has 0 bridgehead atoms. The number of imide groups is 1. The lowest BCUT2D eigenvalue weighted by Crippen LogP contribution is -2.31. The molecule has 0 radical (unpaired) electrons. The van der Waals surface area contributed by atoms with Crippen molar-refractivity contribution in [2.24, 2.45) is 0 Å². The van der Waals surface area contributed by atoms with Crippen molar-refractivity contribution < 1.29 is 19.4 Å². The number of methoxy groups -OCH3 is 1. The second-order valence-corrected chi connectivity index (χ2v) is 7.82. The highest BCUT2D eigenvalue weighted by atomic mass is 32.2. The maximum absolute atomic E-state index is 13.4. The van der Waals surface area contributed by atoms with Crippen LogP contribution in [0.25, 0.3) is 5.57 Å². The summed E-state index contributed by atoms with van der Waals surface area (Å²) in [5.74, 6) is 0.0333. The first-order valence-electron chi connectivity index (χ1n) is 8.98. The van der Waals surface area contributed by atoms with Gasteiger partial charge in [0.1, 0.15) is 5.75 Å². The fraction of sp³-hybridized carbons (Fsp3) is 0.273. The minimum Gasteiger partial charge on any atom is -0.495 e. The maximum Gasteiger partial charge on any atom is 0.272 e. The molecule has 28 heavy (non-hydrogen) atoms. The van der Waals surface area contributed by atoms with Gasteiger partial charge >= 0.3 is 0 Å². The first-order valence-corrected chi connectivity index (χ1v) is 9.96. The lowest BCUT2D eigenvalue weighted by Gasteiger charge is -2.19. The topological polar surface area (TPSA) is 66.8 Å². The summed E-state index contributed by atoms with van der Waals surface area (Å²) in [6.07, 6.45) is 0. The molecule has 0 saturated heterocycles. The molecule has 2 amide bonds. The van der Waals surface area contributed by atoms with Gasteiger partial charge < -0.3 is 9.84 Å². The van der Waals surface area contributed by atoms with E-state index in [2.05, 4.69) is 0 Å². The SMILES string of the molecule is COc1ccc(C)cc1N1C(=O)C(SCCO)=C(c2ccc(C)cc2C)C1=O. The summed E-state index contributed by atoms with van der Waals surface area (Å²) in [5, 5.41) is 9.25. The van der Waals surface area contributed by atoms with Gasteiger partial charge in [-0.1, -0.05) is 29.8 Å². The highest BCUT2D eigenvalue weighted by molar-refractivity contribution is 8.04. The van der Waals surface area contributed by atoms with Crippen molar-refractivity contribution in [3.63, 3.8) is 0 Å². The van der Waals surface area contributed by atoms with E-state index in [9.17, 15) is 14.7 Å². The Morgan fingerprint density at radius 2 is 1.68 bits per heavy atom. The number of thioether (sulfide) groups is 1. The Morgan fingerprint density at radius 1 is 1.00 bits per heavy atom. The largest absolute Gasteiger partial charge is 0.495 e. The fourth-order valence-corrected chi connectivity index (χ4v) is 4.17. The molecule has 1 N–H and O–H groups in total. The zero-order chi connectivity index (χ0) is 20.4. The molecule has 0 unspecified atom stereocenters. The van der Waals surface area contributed by atoms with Crippen LogP contribution >= 0.6 is 11.8 Å². The van der Waals surface area contributed by atoms with Gasteiger partial charge in [-0.05, 0) is 49.6 Å². The van der Waals surface area contributed by atoms with Gasteiger partial charge in [0.2, 0.25) is 0 Å². The van der Waals surface area contributed by atoms with Crippen LogP contribution in [0.1, 0.15) is 22.3 Å². The van der Waals surface area contributed by atoms with Gasteiger partial charge in [-0.2, -0.15) is 0 Å². The van der Waals surface area contributed by atoms with Crippen LogP contribution in [0.4, 0.5) is 5.69 Å². The molecule has 6 heteroatoms. The molecule has 0 spiro atoms. The quantitative estimate of drug-likeness (QED) is 0.754. The number of carbonyl (C=O) groups is 2. The number of nitrogens with zero attached hydrogens (tertiary/aromatic N) is 1. The van der Waals surface area contributed by atoms with E-state index in [0.29, 0.717) is 27.7 Å². The van der Waals surface area contributed by atoms with Crippen molar-refractivity contribution in [1.29, 1.82) is 0 Å². The van der Waals surface area contributed by atoms with Crippen LogP contribution in [0.5, 0.6) is 5.75 Å². The first kappa shape index (κ1) is 20.2. The third-order valence-corrected chi connectivity index (χ3v) is 5.66. The number of rotatable bonds is 6. The summed E-state index contributed by atoms with van der Waals surface area (Å²) in [7, 11) is 1.51. The van der Waals surface area contributed by atoms with Crippen molar-refractivity contribution in [1.82, 2.24) is 0 Å². The molecule has 0 aliphatic carbocycles. The Hall–Kier alpha value is -2.57. The second kappa shape index (κ2) is 8.20. The summed E-state index contributed by atoms with van der Waals surface area (Å²) in [6, 6.07) is 11.2.